The summed E-state index contributed by atoms with van der Waals surface area (Å²) in [5, 5.41) is 14.1. The molecule has 0 aromatic heterocycles. The van der Waals surface area contributed by atoms with Crippen molar-refractivity contribution >= 4 is 24.1 Å². The van der Waals surface area contributed by atoms with Crippen LogP contribution in [0.5, 0.6) is 0 Å². The third-order valence-electron chi connectivity index (χ3n) is 5.54. The molecule has 0 aliphatic heterocycles. The number of hydrogen-bond acceptors (Lipinski definition) is 6. The molecule has 0 atom stereocenters. The van der Waals surface area contributed by atoms with E-state index in [1.165, 1.54) is 44.9 Å². The fourth-order valence-electron chi connectivity index (χ4n) is 3.54. The van der Waals surface area contributed by atoms with Crippen LogP contribution in [0, 0.1) is 0 Å². The van der Waals surface area contributed by atoms with Crippen molar-refractivity contribution in [1.82, 2.24) is 10.6 Å². The van der Waals surface area contributed by atoms with E-state index in [2.05, 4.69) is 10.6 Å². The predicted octanol–water partition coefficient (Wildman–Crippen LogP) is 3.78. The highest BCUT2D eigenvalue weighted by Gasteiger charge is 2.02. The largest absolute Gasteiger partial charge is 0.481 e. The van der Waals surface area contributed by atoms with Crippen molar-refractivity contribution in [3.05, 3.63) is 0 Å². The number of carbonyl (C=O) groups excluding carboxylic acids is 3. The van der Waals surface area contributed by atoms with E-state index in [1.54, 1.807) is 0 Å². The number of unbranched alkanes of at least 4 members (excludes halogenated alkanes) is 11. The molecule has 9 nitrogen and oxygen atoms in total. The summed E-state index contributed by atoms with van der Waals surface area (Å²) in [6, 6.07) is 0. The second-order valence-electron chi connectivity index (χ2n) is 8.77. The van der Waals surface area contributed by atoms with E-state index in [0.717, 1.165) is 38.4 Å². The van der Waals surface area contributed by atoms with Crippen LogP contribution >= 0.6 is 0 Å². The Kier molecular flexibility index (Phi) is 25.1. The Labute approximate surface area is 211 Å². The maximum absolute atomic E-state index is 11.8. The lowest BCUT2D eigenvalue weighted by atomic mass is 10.0. The lowest BCUT2D eigenvalue weighted by molar-refractivity contribution is -0.137. The summed E-state index contributed by atoms with van der Waals surface area (Å²) in [4.78, 5) is 43.7. The molecule has 0 rings (SSSR count). The molecule has 0 aliphatic carbocycles. The molecular weight excluding hydrogens is 452 g/mol. The van der Waals surface area contributed by atoms with Crippen molar-refractivity contribution in [3.63, 3.8) is 0 Å². The van der Waals surface area contributed by atoms with Crippen LogP contribution < -0.4 is 10.6 Å². The van der Waals surface area contributed by atoms with E-state index >= 15 is 0 Å². The van der Waals surface area contributed by atoms with Crippen LogP contribution in [0.4, 0.5) is 0 Å². The average Bonchev–Trinajstić information content (AvgIpc) is 2.83. The molecule has 0 saturated heterocycles. The molecule has 0 aromatic rings. The summed E-state index contributed by atoms with van der Waals surface area (Å²) in [7, 11) is 0. The Hall–Kier alpha value is -2.00. The van der Waals surface area contributed by atoms with Gasteiger partial charge in [0.05, 0.1) is 26.4 Å². The molecule has 0 spiro atoms. The normalized spacial score (nSPS) is 10.7. The third kappa shape index (κ3) is 28.1. The van der Waals surface area contributed by atoms with Gasteiger partial charge in [0.15, 0.2) is 0 Å². The first-order valence-corrected chi connectivity index (χ1v) is 13.4. The summed E-state index contributed by atoms with van der Waals surface area (Å²) < 4.78 is 10.7. The van der Waals surface area contributed by atoms with Crippen LogP contribution in [-0.2, 0) is 28.7 Å². The Morgan fingerprint density at radius 1 is 0.571 bits per heavy atom. The van der Waals surface area contributed by atoms with Gasteiger partial charge in [-0.3, -0.25) is 14.4 Å². The van der Waals surface area contributed by atoms with Crippen LogP contribution in [0.2, 0.25) is 0 Å². The van der Waals surface area contributed by atoms with Gasteiger partial charge >= 0.3 is 5.97 Å². The minimum Gasteiger partial charge on any atom is -0.481 e. The lowest BCUT2D eigenvalue weighted by Crippen LogP contribution is -2.28. The number of ether oxygens (including phenoxy) is 2. The third-order valence-corrected chi connectivity index (χ3v) is 5.54. The van der Waals surface area contributed by atoms with Gasteiger partial charge in [0, 0.05) is 38.8 Å². The van der Waals surface area contributed by atoms with E-state index in [9.17, 15) is 19.2 Å². The number of aldehydes is 1. The summed E-state index contributed by atoms with van der Waals surface area (Å²) >= 11 is 0. The van der Waals surface area contributed by atoms with Crippen molar-refractivity contribution < 1.29 is 33.8 Å². The first-order chi connectivity index (χ1) is 17.1. The van der Waals surface area contributed by atoms with Crippen molar-refractivity contribution in [2.45, 2.75) is 103 Å². The zero-order chi connectivity index (χ0) is 25.8. The molecule has 35 heavy (non-hydrogen) atoms. The minimum absolute atomic E-state index is 0.0681. The molecule has 0 saturated carbocycles. The number of rotatable bonds is 27. The summed E-state index contributed by atoms with van der Waals surface area (Å²) in [5.74, 6) is -0.780. The zero-order valence-electron chi connectivity index (χ0n) is 21.5. The van der Waals surface area contributed by atoms with E-state index in [4.69, 9.17) is 14.6 Å². The van der Waals surface area contributed by atoms with Gasteiger partial charge in [-0.15, -0.1) is 0 Å². The maximum Gasteiger partial charge on any atom is 0.303 e. The van der Waals surface area contributed by atoms with Crippen molar-refractivity contribution in [1.29, 1.82) is 0 Å². The van der Waals surface area contributed by atoms with Gasteiger partial charge in [0.1, 0.15) is 6.29 Å². The van der Waals surface area contributed by atoms with Gasteiger partial charge < -0.3 is 30.0 Å². The van der Waals surface area contributed by atoms with Crippen LogP contribution in [0.3, 0.4) is 0 Å². The van der Waals surface area contributed by atoms with Gasteiger partial charge in [0.25, 0.3) is 0 Å². The van der Waals surface area contributed by atoms with Crippen LogP contribution in [0.25, 0.3) is 0 Å². The monoisotopic (exact) mass is 500 g/mol. The second-order valence-corrected chi connectivity index (χ2v) is 8.77. The maximum atomic E-state index is 11.8. The SMILES string of the molecule is O=CCCC(=O)NCCOCCOCCNC(=O)CCCCCCCCCCCCCCC(=O)O. The van der Waals surface area contributed by atoms with Crippen molar-refractivity contribution in [2.24, 2.45) is 0 Å². The van der Waals surface area contributed by atoms with Crippen LogP contribution in [0.1, 0.15) is 103 Å². The number of carboxylic acids is 1. The Morgan fingerprint density at radius 2 is 0.971 bits per heavy atom. The smallest absolute Gasteiger partial charge is 0.303 e. The van der Waals surface area contributed by atoms with E-state index in [-0.39, 0.29) is 24.7 Å². The Balaban J connectivity index is 3.22. The van der Waals surface area contributed by atoms with Gasteiger partial charge in [-0.05, 0) is 12.8 Å². The summed E-state index contributed by atoms with van der Waals surface area (Å²) in [5.41, 5.74) is 0. The first kappa shape index (κ1) is 33.0. The second kappa shape index (κ2) is 26.6. The number of hydrogen-bond donors (Lipinski definition) is 3. The molecule has 0 aromatic carbocycles. The van der Waals surface area contributed by atoms with Gasteiger partial charge in [-0.25, -0.2) is 0 Å². The number of nitrogens with one attached hydrogen (secondary N) is 2. The van der Waals surface area contributed by atoms with Crippen LogP contribution in [0.15, 0.2) is 0 Å². The fourth-order valence-corrected chi connectivity index (χ4v) is 3.54. The molecule has 0 unspecified atom stereocenters. The highest BCUT2D eigenvalue weighted by molar-refractivity contribution is 5.78. The molecule has 3 N–H and O–H groups in total. The van der Waals surface area contributed by atoms with E-state index in [0.29, 0.717) is 52.4 Å². The number of aliphatic carboxylic acids is 1. The van der Waals surface area contributed by atoms with Crippen LogP contribution in [-0.4, -0.2) is 68.7 Å². The van der Waals surface area contributed by atoms with Crippen molar-refractivity contribution in [2.75, 3.05) is 39.5 Å². The van der Waals surface area contributed by atoms with Gasteiger partial charge in [-0.2, -0.15) is 0 Å². The predicted molar refractivity (Wildman–Crippen MR) is 135 cm³/mol. The summed E-state index contributed by atoms with van der Waals surface area (Å²) in [6.07, 6.45) is 15.6. The fraction of sp³-hybridized carbons (Fsp3) is 0.846. The molecule has 204 valence electrons. The van der Waals surface area contributed by atoms with Gasteiger partial charge in [0.2, 0.25) is 11.8 Å². The zero-order valence-corrected chi connectivity index (χ0v) is 21.5. The standard InChI is InChI=1S/C26H48N2O7/c29-19-13-15-25(31)28-18-21-35-23-22-34-20-17-27-24(30)14-11-9-7-5-3-1-2-4-6-8-10-12-16-26(32)33/h19H,1-18,20-23H2,(H,27,30)(H,28,31)(H,32,33). The average molecular weight is 501 g/mol. The summed E-state index contributed by atoms with van der Waals surface area (Å²) in [6.45, 7) is 2.59. The molecule has 0 aliphatic rings. The molecule has 0 radical (unpaired) electrons. The molecule has 0 bridgehead atoms. The number of amides is 2. The molecule has 0 fully saturated rings. The quantitative estimate of drug-likeness (QED) is 0.116. The van der Waals surface area contributed by atoms with Gasteiger partial charge in [-0.1, -0.05) is 64.2 Å². The minimum atomic E-state index is -0.694. The Morgan fingerprint density at radius 3 is 1.40 bits per heavy atom. The molecule has 0 heterocycles. The van der Waals surface area contributed by atoms with E-state index < -0.39 is 5.97 Å². The first-order valence-electron chi connectivity index (χ1n) is 13.4. The van der Waals surface area contributed by atoms with E-state index in [1.807, 2.05) is 0 Å². The molecular formula is C26H48N2O7. The number of carboxylic acid groups (broad SMARTS) is 1. The Bertz CT molecular complexity index is 544. The number of carbonyl (C=O) groups is 4. The highest BCUT2D eigenvalue weighted by Crippen LogP contribution is 2.13. The van der Waals surface area contributed by atoms with Crippen molar-refractivity contribution in [3.8, 4) is 0 Å². The lowest BCUT2D eigenvalue weighted by Gasteiger charge is -2.08. The topological polar surface area (TPSA) is 131 Å². The highest BCUT2D eigenvalue weighted by atomic mass is 16.5. The molecule has 2 amide bonds. The molecule has 9 heteroatoms.